The summed E-state index contributed by atoms with van der Waals surface area (Å²) in [6, 6.07) is 80.4. The van der Waals surface area contributed by atoms with Gasteiger partial charge in [-0.15, -0.1) is 0 Å². The maximum absolute atomic E-state index is 6.60. The van der Waals surface area contributed by atoms with E-state index in [0.29, 0.717) is 0 Å². The van der Waals surface area contributed by atoms with Crippen molar-refractivity contribution in [2.75, 3.05) is 9.80 Å². The molecule has 15 rings (SSSR count). The van der Waals surface area contributed by atoms with Crippen LogP contribution in [0.1, 0.15) is 337 Å². The molecule has 0 N–H and O–H groups in total. The van der Waals surface area contributed by atoms with Gasteiger partial charge in [0, 0.05) is 51.5 Å². The number of aryl methyl sites for hydroxylation is 7. The van der Waals surface area contributed by atoms with Gasteiger partial charge in [-0.05, 0) is 359 Å². The summed E-state index contributed by atoms with van der Waals surface area (Å²) in [6.45, 7) is 51.3. The van der Waals surface area contributed by atoms with E-state index in [9.17, 15) is 0 Å². The third kappa shape index (κ3) is 22.6. The first-order valence-electron chi connectivity index (χ1n) is 49.5. The average molecular weight is 2010 g/mol. The van der Waals surface area contributed by atoms with Crippen molar-refractivity contribution in [2.45, 2.75) is 345 Å². The van der Waals surface area contributed by atoms with Crippen LogP contribution in [0.25, 0.3) is 22.3 Å². The van der Waals surface area contributed by atoms with E-state index >= 15 is 0 Å². The SMILES string of the molecule is CCCCCCCCC1(c2cccc(CCCCCC)c2)c2cc(Br)ccc2-c2ccc(Br)cc21.CCCCCCc1cc(CCCCCC)cc(C2(C)c3cc(B4OC(C)(C)C(C)(C)O4)ccc3-c3ccc(B4OC(C)(C)C(C)(C)O4)cc32)c1.Cc1cc(C(C)(C)C)cc(C)c1N(c1ccc(Br)cc1)c1ccc(N(c2ccc(Br)cc2)c2c(C)cc(C(C)(C)C)cc2C)cc1. The number of hydrogen-bond donors (Lipinski definition) is 0. The molecule has 0 atom stereocenters. The summed E-state index contributed by atoms with van der Waals surface area (Å²) in [7, 11) is -0.838. The Morgan fingerprint density at radius 3 is 0.962 bits per heavy atom. The lowest BCUT2D eigenvalue weighted by atomic mass is 9.69. The first kappa shape index (κ1) is 101. The summed E-state index contributed by atoms with van der Waals surface area (Å²) in [5.41, 5.74) is 33.1. The standard InChI is InChI=1S/C44H62B2O4.C42H46Br2N2.C33H40Br2/c1-12-14-16-18-20-31-26-32(21-19-17-15-13-2)28-33(27-31)44(11)38-29-34(45-47-40(3,4)41(5,6)48-45)22-24-36(38)37-25-23-35(30-39(37)44)46-49-42(7,8)43(9,10)50-46;1-27-23-31(41(5,6)7)24-28(2)39(27)45(35-15-11-33(43)12-16-35)37-19-21-38(22-20-37)46(36-17-13-34(44)14-18-36)40-29(3)25-32(26-30(40)4)42(8,9)10;1-3-5-7-9-10-12-21-33(26-16-13-15-25(22-26)14-11-8-6-4-2)31-23-27(34)17-19-29(31)30-20-18-28(35)24-32(30)33/h22-30H,12-21H2,1-11H3;11-26H,1-10H3;13,15-20,22-24H,3-12,14,21H2,1-2H3. The highest BCUT2D eigenvalue weighted by atomic mass is 79.9. The van der Waals surface area contributed by atoms with E-state index in [1.165, 1.54) is 248 Å². The van der Waals surface area contributed by atoms with E-state index in [1.807, 2.05) is 0 Å². The van der Waals surface area contributed by atoms with E-state index in [0.717, 1.165) is 61.9 Å². The van der Waals surface area contributed by atoms with Crippen LogP contribution in [0, 0.1) is 27.7 Å². The van der Waals surface area contributed by atoms with Crippen LogP contribution < -0.4 is 20.7 Å². The zero-order valence-corrected chi connectivity index (χ0v) is 89.8. The zero-order chi connectivity index (χ0) is 94.3. The van der Waals surface area contributed by atoms with Crippen LogP contribution in [-0.4, -0.2) is 36.6 Å². The topological polar surface area (TPSA) is 43.4 Å². The highest BCUT2D eigenvalue weighted by molar-refractivity contribution is 9.11. The van der Waals surface area contributed by atoms with Crippen molar-refractivity contribution in [3.05, 3.63) is 314 Å². The second kappa shape index (κ2) is 42.7. The molecular formula is C119H148B2Br4N2O4. The minimum atomic E-state index is -0.419. The van der Waals surface area contributed by atoms with Crippen LogP contribution in [0.5, 0.6) is 0 Å². The Bertz CT molecular complexity index is 5370. The number of anilines is 6. The fourth-order valence-corrected chi connectivity index (χ4v) is 21.5. The van der Waals surface area contributed by atoms with Crippen LogP contribution in [-0.2, 0) is 59.5 Å². The van der Waals surface area contributed by atoms with E-state index in [2.05, 4.69) is 445 Å². The highest BCUT2D eigenvalue weighted by Crippen LogP contribution is 2.58. The van der Waals surface area contributed by atoms with Gasteiger partial charge in [0.25, 0.3) is 0 Å². The van der Waals surface area contributed by atoms with Crippen LogP contribution >= 0.6 is 63.7 Å². The molecule has 692 valence electrons. The van der Waals surface area contributed by atoms with Crippen molar-refractivity contribution in [2.24, 2.45) is 0 Å². The van der Waals surface area contributed by atoms with Crippen LogP contribution in [0.3, 0.4) is 0 Å². The molecule has 2 aliphatic carbocycles. The molecule has 2 saturated heterocycles. The maximum atomic E-state index is 6.60. The molecule has 2 fully saturated rings. The Labute approximate surface area is 825 Å². The second-order valence-corrected chi connectivity index (χ2v) is 46.1. The summed E-state index contributed by atoms with van der Waals surface area (Å²) >= 11 is 14.9. The molecule has 11 aromatic carbocycles. The number of fused-ring (bicyclic) bond motifs is 6. The molecule has 0 spiro atoms. The molecule has 11 aromatic rings. The number of halogens is 4. The van der Waals surface area contributed by atoms with Crippen molar-refractivity contribution in [1.29, 1.82) is 0 Å². The van der Waals surface area contributed by atoms with Gasteiger partial charge in [0.2, 0.25) is 0 Å². The van der Waals surface area contributed by atoms with E-state index in [1.54, 1.807) is 0 Å². The fourth-order valence-electron chi connectivity index (χ4n) is 20.2. The lowest BCUT2D eigenvalue weighted by Crippen LogP contribution is -2.41. The van der Waals surface area contributed by atoms with Gasteiger partial charge in [-0.3, -0.25) is 0 Å². The van der Waals surface area contributed by atoms with Gasteiger partial charge < -0.3 is 28.4 Å². The third-order valence-corrected chi connectivity index (χ3v) is 31.3. The average Bonchev–Trinajstić information content (AvgIpc) is 1.55. The normalized spacial score (nSPS) is 15.7. The van der Waals surface area contributed by atoms with Gasteiger partial charge in [-0.25, -0.2) is 0 Å². The largest absolute Gasteiger partial charge is 0.494 e. The third-order valence-electron chi connectivity index (χ3n) is 29.3. The minimum absolute atomic E-state index is 0.0793. The van der Waals surface area contributed by atoms with Crippen molar-refractivity contribution in [1.82, 2.24) is 0 Å². The number of rotatable bonds is 32. The monoisotopic (exact) mass is 2010 g/mol. The lowest BCUT2D eigenvalue weighted by Gasteiger charge is -2.34. The number of unbranched alkanes of at least 4 members (excludes halogenated alkanes) is 14. The lowest BCUT2D eigenvalue weighted by molar-refractivity contribution is 0.00578. The maximum Gasteiger partial charge on any atom is 0.494 e. The van der Waals surface area contributed by atoms with Gasteiger partial charge in [0.05, 0.1) is 33.8 Å². The molecule has 0 aromatic heterocycles. The fraction of sp³-hybridized carbons (Fsp3) is 0.445. The molecule has 2 heterocycles. The first-order chi connectivity index (χ1) is 62.2. The Kier molecular flexibility index (Phi) is 33.0. The van der Waals surface area contributed by atoms with E-state index in [-0.39, 0.29) is 21.7 Å². The summed E-state index contributed by atoms with van der Waals surface area (Å²) in [5, 5.41) is 0. The molecule has 6 nitrogen and oxygen atoms in total. The Morgan fingerprint density at radius 2 is 0.603 bits per heavy atom. The van der Waals surface area contributed by atoms with Gasteiger partial charge in [0.1, 0.15) is 0 Å². The Hall–Kier alpha value is -7.09. The molecule has 0 unspecified atom stereocenters. The van der Waals surface area contributed by atoms with Crippen molar-refractivity contribution < 1.29 is 18.6 Å². The summed E-state index contributed by atoms with van der Waals surface area (Å²) < 4.78 is 30.9. The zero-order valence-electron chi connectivity index (χ0n) is 83.5. The Morgan fingerprint density at radius 1 is 0.298 bits per heavy atom. The second-order valence-electron chi connectivity index (χ2n) is 42.4. The molecule has 131 heavy (non-hydrogen) atoms. The molecule has 12 heteroatoms. The van der Waals surface area contributed by atoms with Crippen molar-refractivity contribution in [3.8, 4) is 22.3 Å². The number of nitrogens with zero attached hydrogens (tertiary/aromatic N) is 2. The van der Waals surface area contributed by atoms with Gasteiger partial charge in [0.15, 0.2) is 0 Å². The molecule has 0 radical (unpaired) electrons. The van der Waals surface area contributed by atoms with E-state index in [4.69, 9.17) is 18.6 Å². The molecule has 2 aliphatic heterocycles. The molecule has 0 amide bonds. The smallest absolute Gasteiger partial charge is 0.399 e. The first-order valence-corrected chi connectivity index (χ1v) is 52.6. The predicted molar refractivity (Wildman–Crippen MR) is 578 cm³/mol. The Balaban J connectivity index is 0.000000170. The summed E-state index contributed by atoms with van der Waals surface area (Å²) in [4.78, 5) is 4.79. The van der Waals surface area contributed by atoms with Gasteiger partial charge >= 0.3 is 14.2 Å². The number of hydrogen-bond acceptors (Lipinski definition) is 6. The van der Waals surface area contributed by atoms with Crippen molar-refractivity contribution >= 4 is 123 Å². The quantitative estimate of drug-likeness (QED) is 0.0309. The van der Waals surface area contributed by atoms with Crippen LogP contribution in [0.15, 0.2) is 230 Å². The molecule has 4 aliphatic rings. The molecule has 0 saturated carbocycles. The van der Waals surface area contributed by atoms with Gasteiger partial charge in [-0.1, -0.05) is 345 Å². The van der Waals surface area contributed by atoms with Gasteiger partial charge in [-0.2, -0.15) is 0 Å². The van der Waals surface area contributed by atoms with Crippen molar-refractivity contribution in [3.63, 3.8) is 0 Å². The number of benzene rings is 11. The molecule has 0 bridgehead atoms. The predicted octanol–water partition coefficient (Wildman–Crippen LogP) is 35.2. The van der Waals surface area contributed by atoms with Crippen LogP contribution in [0.2, 0.25) is 0 Å². The highest BCUT2D eigenvalue weighted by Gasteiger charge is 2.55. The minimum Gasteiger partial charge on any atom is -0.399 e. The summed E-state index contributed by atoms with van der Waals surface area (Å²) in [5.74, 6) is 0. The van der Waals surface area contributed by atoms with E-state index < -0.39 is 36.6 Å². The summed E-state index contributed by atoms with van der Waals surface area (Å²) in [6.07, 6.45) is 27.9. The van der Waals surface area contributed by atoms with Crippen LogP contribution in [0.4, 0.5) is 34.1 Å². The molecular weight excluding hydrogens is 1860 g/mol.